The van der Waals surface area contributed by atoms with Gasteiger partial charge in [-0.15, -0.1) is 16.4 Å². The van der Waals surface area contributed by atoms with Crippen LogP contribution >= 0.6 is 11.3 Å². The topological polar surface area (TPSA) is 100 Å². The van der Waals surface area contributed by atoms with Crippen molar-refractivity contribution >= 4 is 28.9 Å². The number of thiazole rings is 1. The first-order valence-corrected chi connectivity index (χ1v) is 7.56. The summed E-state index contributed by atoms with van der Waals surface area (Å²) in [5, 5.41) is 8.09. The average Bonchev–Trinajstić information content (AvgIpc) is 3.12. The van der Waals surface area contributed by atoms with Gasteiger partial charge >= 0.3 is 0 Å². The van der Waals surface area contributed by atoms with Crippen LogP contribution in [0.3, 0.4) is 0 Å². The Morgan fingerprint density at radius 1 is 1.17 bits per heavy atom. The predicted molar refractivity (Wildman–Crippen MR) is 89.0 cm³/mol. The zero-order valence-corrected chi connectivity index (χ0v) is 13.7. The van der Waals surface area contributed by atoms with E-state index in [4.69, 9.17) is 15.2 Å². The molecule has 9 heteroatoms. The lowest BCUT2D eigenvalue weighted by Gasteiger charge is -2.08. The first-order chi connectivity index (χ1) is 11.1. The summed E-state index contributed by atoms with van der Waals surface area (Å²) >= 11 is 1.49. The van der Waals surface area contributed by atoms with Crippen LogP contribution in [0.15, 0.2) is 24.4 Å². The number of aromatic nitrogens is 4. The highest BCUT2D eigenvalue weighted by Gasteiger charge is 2.12. The van der Waals surface area contributed by atoms with Crippen molar-refractivity contribution in [1.82, 2.24) is 19.7 Å². The second-order valence-electron chi connectivity index (χ2n) is 4.69. The molecule has 0 radical (unpaired) electrons. The van der Waals surface area contributed by atoms with E-state index in [-0.39, 0.29) is 5.95 Å². The van der Waals surface area contributed by atoms with E-state index in [1.807, 2.05) is 19.1 Å². The molecule has 8 nitrogen and oxygen atoms in total. The van der Waals surface area contributed by atoms with Crippen LogP contribution in [0.2, 0.25) is 0 Å². The number of anilines is 3. The minimum absolute atomic E-state index is 0.261. The van der Waals surface area contributed by atoms with Crippen molar-refractivity contribution in [2.24, 2.45) is 0 Å². The van der Waals surface area contributed by atoms with Crippen LogP contribution in [0.1, 0.15) is 4.88 Å². The van der Waals surface area contributed by atoms with Gasteiger partial charge in [0.2, 0.25) is 17.0 Å². The minimum atomic E-state index is 0.261. The standard InChI is InChI=1S/C14H16N6O2S/c1-8-7-16-14(23-8)20-12(15)18-13(19-20)17-9-4-10(21-2)6-11(5-9)22-3/h4-7H,1-3H3,(H3,15,17,18,19). The van der Waals surface area contributed by atoms with Crippen LogP contribution in [0, 0.1) is 6.92 Å². The van der Waals surface area contributed by atoms with Crippen molar-refractivity contribution in [3.8, 4) is 16.6 Å². The third kappa shape index (κ3) is 3.19. The molecule has 3 aromatic rings. The number of benzene rings is 1. The summed E-state index contributed by atoms with van der Waals surface area (Å²) in [6.07, 6.45) is 1.77. The van der Waals surface area contributed by atoms with E-state index in [0.717, 1.165) is 10.6 Å². The largest absolute Gasteiger partial charge is 0.497 e. The lowest BCUT2D eigenvalue weighted by atomic mass is 10.3. The van der Waals surface area contributed by atoms with E-state index in [9.17, 15) is 0 Å². The number of aryl methyl sites for hydroxylation is 1. The zero-order valence-electron chi connectivity index (χ0n) is 12.9. The van der Waals surface area contributed by atoms with Gasteiger partial charge in [0.1, 0.15) is 11.5 Å². The number of nitrogens with one attached hydrogen (secondary N) is 1. The van der Waals surface area contributed by atoms with Gasteiger partial charge in [-0.3, -0.25) is 0 Å². The van der Waals surface area contributed by atoms with Gasteiger partial charge in [0.15, 0.2) is 0 Å². The minimum Gasteiger partial charge on any atom is -0.497 e. The summed E-state index contributed by atoms with van der Waals surface area (Å²) in [4.78, 5) is 9.53. The number of methoxy groups -OCH3 is 2. The quantitative estimate of drug-likeness (QED) is 0.740. The van der Waals surface area contributed by atoms with E-state index >= 15 is 0 Å². The maximum Gasteiger partial charge on any atom is 0.248 e. The Morgan fingerprint density at radius 3 is 2.43 bits per heavy atom. The molecule has 0 unspecified atom stereocenters. The van der Waals surface area contributed by atoms with E-state index in [0.29, 0.717) is 22.6 Å². The molecule has 0 amide bonds. The number of nitrogen functional groups attached to an aromatic ring is 1. The Labute approximate surface area is 136 Å². The highest BCUT2D eigenvalue weighted by Crippen LogP contribution is 2.28. The van der Waals surface area contributed by atoms with Gasteiger partial charge in [-0.1, -0.05) is 0 Å². The number of nitrogens with zero attached hydrogens (tertiary/aromatic N) is 4. The fraction of sp³-hybridized carbons (Fsp3) is 0.214. The van der Waals surface area contributed by atoms with E-state index in [1.54, 1.807) is 26.5 Å². The van der Waals surface area contributed by atoms with E-state index in [2.05, 4.69) is 20.4 Å². The molecule has 23 heavy (non-hydrogen) atoms. The van der Waals surface area contributed by atoms with E-state index < -0.39 is 0 Å². The molecule has 0 bridgehead atoms. The van der Waals surface area contributed by atoms with Crippen molar-refractivity contribution in [3.63, 3.8) is 0 Å². The predicted octanol–water partition coefficient (Wildman–Crippen LogP) is 2.38. The van der Waals surface area contributed by atoms with Crippen LogP contribution in [-0.4, -0.2) is 34.0 Å². The molecule has 0 atom stereocenters. The number of hydrogen-bond donors (Lipinski definition) is 2. The lowest BCUT2D eigenvalue weighted by molar-refractivity contribution is 0.395. The first-order valence-electron chi connectivity index (χ1n) is 6.74. The Balaban J connectivity index is 1.89. The fourth-order valence-electron chi connectivity index (χ4n) is 1.97. The summed E-state index contributed by atoms with van der Waals surface area (Å²) in [5.41, 5.74) is 6.65. The van der Waals surface area contributed by atoms with Crippen LogP contribution in [-0.2, 0) is 0 Å². The molecule has 2 aromatic heterocycles. The second-order valence-corrected chi connectivity index (χ2v) is 5.90. The number of ether oxygens (including phenoxy) is 2. The van der Waals surface area contributed by atoms with Gasteiger partial charge in [-0.2, -0.15) is 9.67 Å². The number of rotatable bonds is 5. The highest BCUT2D eigenvalue weighted by atomic mass is 32.1. The van der Waals surface area contributed by atoms with Gasteiger partial charge in [-0.05, 0) is 6.92 Å². The Hall–Kier alpha value is -2.81. The molecule has 3 rings (SSSR count). The SMILES string of the molecule is COc1cc(Nc2nc(N)n(-c3ncc(C)s3)n2)cc(OC)c1. The zero-order chi connectivity index (χ0) is 16.4. The smallest absolute Gasteiger partial charge is 0.248 e. The second kappa shape index (κ2) is 6.13. The number of hydrogen-bond acceptors (Lipinski definition) is 8. The third-order valence-corrected chi connectivity index (χ3v) is 3.92. The molecule has 3 N–H and O–H groups in total. The van der Waals surface area contributed by atoms with Crippen molar-refractivity contribution < 1.29 is 9.47 Å². The average molecular weight is 332 g/mol. The number of nitrogens with two attached hydrogens (primary N) is 1. The van der Waals surface area contributed by atoms with Crippen LogP contribution in [0.4, 0.5) is 17.6 Å². The van der Waals surface area contributed by atoms with Gasteiger partial charge in [0.05, 0.1) is 14.2 Å². The Morgan fingerprint density at radius 2 is 1.87 bits per heavy atom. The maximum absolute atomic E-state index is 5.92. The Kier molecular flexibility index (Phi) is 4.02. The van der Waals surface area contributed by atoms with Gasteiger partial charge in [0.25, 0.3) is 0 Å². The molecule has 0 saturated carbocycles. The molecule has 0 fully saturated rings. The molecule has 0 aliphatic rings. The normalized spacial score (nSPS) is 10.6. The van der Waals surface area contributed by atoms with Crippen molar-refractivity contribution in [3.05, 3.63) is 29.3 Å². The summed E-state index contributed by atoms with van der Waals surface area (Å²) in [6.45, 7) is 1.97. The summed E-state index contributed by atoms with van der Waals surface area (Å²) in [7, 11) is 3.18. The van der Waals surface area contributed by atoms with E-state index in [1.165, 1.54) is 16.0 Å². The molecule has 0 spiro atoms. The van der Waals surface area contributed by atoms with Gasteiger partial charge < -0.3 is 20.5 Å². The Bertz CT molecular complexity index is 806. The lowest BCUT2D eigenvalue weighted by Crippen LogP contribution is -2.01. The molecule has 120 valence electrons. The van der Waals surface area contributed by atoms with Crippen LogP contribution in [0.5, 0.6) is 11.5 Å². The van der Waals surface area contributed by atoms with Gasteiger partial charge in [-0.25, -0.2) is 4.98 Å². The highest BCUT2D eigenvalue weighted by molar-refractivity contribution is 7.14. The molecule has 0 saturated heterocycles. The van der Waals surface area contributed by atoms with Crippen LogP contribution in [0.25, 0.3) is 5.13 Å². The van der Waals surface area contributed by atoms with Crippen molar-refractivity contribution in [2.75, 3.05) is 25.3 Å². The third-order valence-electron chi connectivity index (χ3n) is 3.03. The first kappa shape index (κ1) is 15.1. The maximum atomic E-state index is 5.92. The molecule has 0 aliphatic heterocycles. The molecular weight excluding hydrogens is 316 g/mol. The van der Waals surface area contributed by atoms with Crippen LogP contribution < -0.4 is 20.5 Å². The molecular formula is C14H16N6O2S. The summed E-state index contributed by atoms with van der Waals surface area (Å²) in [5.74, 6) is 1.95. The van der Waals surface area contributed by atoms with Crippen molar-refractivity contribution in [2.45, 2.75) is 6.92 Å². The van der Waals surface area contributed by atoms with Gasteiger partial charge in [0, 0.05) is 35.0 Å². The van der Waals surface area contributed by atoms with Crippen molar-refractivity contribution in [1.29, 1.82) is 0 Å². The molecule has 1 aromatic carbocycles. The summed E-state index contributed by atoms with van der Waals surface area (Å²) in [6, 6.07) is 5.41. The monoisotopic (exact) mass is 332 g/mol. The fourth-order valence-corrected chi connectivity index (χ4v) is 2.69. The summed E-state index contributed by atoms with van der Waals surface area (Å²) < 4.78 is 12.0. The molecule has 0 aliphatic carbocycles. The molecule has 2 heterocycles.